The Hall–Kier alpha value is -3.14. The molecule has 0 radical (unpaired) electrons. The van der Waals surface area contributed by atoms with Crippen LogP contribution in [0.4, 0.5) is 10.1 Å². The van der Waals surface area contributed by atoms with E-state index in [1.165, 1.54) is 36.3 Å². The topological polar surface area (TPSA) is 96.0 Å². The molecule has 2 aromatic rings. The highest BCUT2D eigenvalue weighted by molar-refractivity contribution is 7.92. The number of nitrogens with zero attached hydrogens (tertiary/aromatic N) is 2. The molecule has 35 heavy (non-hydrogen) atoms. The first-order chi connectivity index (χ1) is 16.5. The summed E-state index contributed by atoms with van der Waals surface area (Å²) in [6.45, 7) is 5.66. The molecule has 0 aliphatic heterocycles. The third-order valence-electron chi connectivity index (χ3n) is 5.38. The maximum atomic E-state index is 13.6. The molecule has 1 N–H and O–H groups in total. The molecule has 0 spiro atoms. The molecule has 0 aliphatic rings. The molecule has 0 unspecified atom stereocenters. The van der Waals surface area contributed by atoms with Crippen molar-refractivity contribution in [1.82, 2.24) is 10.2 Å². The number of rotatable bonds is 12. The quantitative estimate of drug-likeness (QED) is 0.476. The van der Waals surface area contributed by atoms with Crippen LogP contribution in [0.1, 0.15) is 32.8 Å². The highest BCUT2D eigenvalue weighted by Crippen LogP contribution is 2.22. The van der Waals surface area contributed by atoms with Crippen molar-refractivity contribution in [2.75, 3.05) is 30.8 Å². The van der Waals surface area contributed by atoms with Crippen molar-refractivity contribution in [2.45, 2.75) is 39.8 Å². The van der Waals surface area contributed by atoms with Crippen molar-refractivity contribution in [3.8, 4) is 5.75 Å². The van der Waals surface area contributed by atoms with Gasteiger partial charge < -0.3 is 15.0 Å². The molecular formula is C25H34FN3O5S. The lowest BCUT2D eigenvalue weighted by Gasteiger charge is -2.33. The fraction of sp³-hybridized carbons (Fsp3) is 0.440. The number of ether oxygens (including phenoxy) is 1. The third kappa shape index (κ3) is 8.24. The molecule has 0 saturated heterocycles. The van der Waals surface area contributed by atoms with Crippen molar-refractivity contribution in [2.24, 2.45) is 5.92 Å². The summed E-state index contributed by atoms with van der Waals surface area (Å²) >= 11 is 0. The lowest BCUT2D eigenvalue weighted by molar-refractivity contribution is -0.140. The average molecular weight is 508 g/mol. The molecule has 8 nitrogen and oxygen atoms in total. The summed E-state index contributed by atoms with van der Waals surface area (Å²) in [6.07, 6.45) is 1.33. The molecular weight excluding hydrogens is 473 g/mol. The van der Waals surface area contributed by atoms with E-state index in [1.54, 1.807) is 31.2 Å². The van der Waals surface area contributed by atoms with E-state index in [0.717, 1.165) is 10.6 Å². The largest absolute Gasteiger partial charge is 0.497 e. The molecule has 2 amide bonds. The van der Waals surface area contributed by atoms with Crippen molar-refractivity contribution < 1.29 is 27.1 Å². The molecule has 0 heterocycles. The maximum absolute atomic E-state index is 13.6. The van der Waals surface area contributed by atoms with Gasteiger partial charge in [0.25, 0.3) is 0 Å². The predicted octanol–water partition coefficient (Wildman–Crippen LogP) is 3.18. The Morgan fingerprint density at radius 2 is 1.66 bits per heavy atom. The van der Waals surface area contributed by atoms with E-state index in [2.05, 4.69) is 5.32 Å². The van der Waals surface area contributed by atoms with Crippen LogP contribution in [0.15, 0.2) is 48.5 Å². The highest BCUT2D eigenvalue weighted by Gasteiger charge is 2.31. The van der Waals surface area contributed by atoms with E-state index in [9.17, 15) is 22.4 Å². The minimum Gasteiger partial charge on any atom is -0.497 e. The first-order valence-electron chi connectivity index (χ1n) is 11.4. The van der Waals surface area contributed by atoms with Gasteiger partial charge in [-0.2, -0.15) is 0 Å². The standard InChI is InChI=1S/C25H34FN3O5S/c1-6-23(25(31)27-15-18(2)3)28(16-19-7-9-20(26)10-8-19)24(30)17-29(35(5,32)33)21-11-13-22(34-4)14-12-21/h7-14,18,23H,6,15-17H2,1-5H3,(H,27,31)/t23-/m1/s1. The summed E-state index contributed by atoms with van der Waals surface area (Å²) in [5, 5.41) is 2.85. The van der Waals surface area contributed by atoms with Gasteiger partial charge in [-0.3, -0.25) is 13.9 Å². The number of amides is 2. The van der Waals surface area contributed by atoms with Gasteiger partial charge in [0.2, 0.25) is 21.8 Å². The van der Waals surface area contributed by atoms with Crippen LogP contribution in [-0.2, 0) is 26.2 Å². The van der Waals surface area contributed by atoms with E-state index < -0.39 is 34.3 Å². The predicted molar refractivity (Wildman–Crippen MR) is 134 cm³/mol. The van der Waals surface area contributed by atoms with Crippen LogP contribution in [-0.4, -0.2) is 57.6 Å². The van der Waals surface area contributed by atoms with Crippen LogP contribution in [0.3, 0.4) is 0 Å². The molecule has 0 aliphatic carbocycles. The Morgan fingerprint density at radius 1 is 1.06 bits per heavy atom. The molecule has 10 heteroatoms. The normalized spacial score (nSPS) is 12.2. The molecule has 0 aromatic heterocycles. The van der Waals surface area contributed by atoms with E-state index in [-0.39, 0.29) is 18.4 Å². The third-order valence-corrected chi connectivity index (χ3v) is 6.52. The second kappa shape index (κ2) is 12.5. The zero-order valence-corrected chi connectivity index (χ0v) is 21.6. The number of carbonyl (C=O) groups is 2. The van der Waals surface area contributed by atoms with Gasteiger partial charge in [0.05, 0.1) is 19.1 Å². The Kier molecular flexibility index (Phi) is 10.1. The summed E-state index contributed by atoms with van der Waals surface area (Å²) in [6, 6.07) is 11.1. The molecule has 1 atom stereocenters. The zero-order chi connectivity index (χ0) is 26.2. The number of sulfonamides is 1. The second-order valence-electron chi connectivity index (χ2n) is 8.68. The van der Waals surface area contributed by atoms with Crippen LogP contribution in [0.25, 0.3) is 0 Å². The van der Waals surface area contributed by atoms with Crippen molar-refractivity contribution in [3.63, 3.8) is 0 Å². The number of hydrogen-bond acceptors (Lipinski definition) is 5. The maximum Gasteiger partial charge on any atom is 0.244 e. The Labute approximate surface area is 207 Å². The molecule has 2 aromatic carbocycles. The van der Waals surface area contributed by atoms with Gasteiger partial charge in [-0.05, 0) is 54.3 Å². The van der Waals surface area contributed by atoms with E-state index in [0.29, 0.717) is 30.0 Å². The number of nitrogens with one attached hydrogen (secondary N) is 1. The van der Waals surface area contributed by atoms with Crippen LogP contribution in [0.2, 0.25) is 0 Å². The molecule has 0 fully saturated rings. The highest BCUT2D eigenvalue weighted by atomic mass is 32.2. The van der Waals surface area contributed by atoms with Crippen LogP contribution >= 0.6 is 0 Å². The van der Waals surface area contributed by atoms with Gasteiger partial charge in [0.1, 0.15) is 24.2 Å². The second-order valence-corrected chi connectivity index (χ2v) is 10.6. The van der Waals surface area contributed by atoms with E-state index in [4.69, 9.17) is 4.74 Å². The first kappa shape index (κ1) is 28.1. The van der Waals surface area contributed by atoms with Gasteiger partial charge in [-0.1, -0.05) is 32.9 Å². The van der Waals surface area contributed by atoms with Crippen molar-refractivity contribution in [3.05, 3.63) is 59.9 Å². The number of halogens is 1. The first-order valence-corrected chi connectivity index (χ1v) is 13.2. The monoisotopic (exact) mass is 507 g/mol. The summed E-state index contributed by atoms with van der Waals surface area (Å²) in [5.74, 6) is -0.543. The van der Waals surface area contributed by atoms with Gasteiger partial charge in [-0.15, -0.1) is 0 Å². The Morgan fingerprint density at radius 3 is 2.14 bits per heavy atom. The van der Waals surface area contributed by atoms with Crippen molar-refractivity contribution in [1.29, 1.82) is 0 Å². The number of carbonyl (C=O) groups excluding carboxylic acids is 2. The van der Waals surface area contributed by atoms with E-state index in [1.807, 2.05) is 13.8 Å². The average Bonchev–Trinajstić information content (AvgIpc) is 2.81. The summed E-state index contributed by atoms with van der Waals surface area (Å²) in [5.41, 5.74) is 0.908. The smallest absolute Gasteiger partial charge is 0.244 e. The van der Waals surface area contributed by atoms with Crippen LogP contribution in [0.5, 0.6) is 5.75 Å². The molecule has 0 saturated carbocycles. The molecule has 0 bridgehead atoms. The minimum atomic E-state index is -3.82. The van der Waals surface area contributed by atoms with Gasteiger partial charge >= 0.3 is 0 Å². The lowest BCUT2D eigenvalue weighted by Crippen LogP contribution is -2.52. The summed E-state index contributed by atoms with van der Waals surface area (Å²) in [4.78, 5) is 27.9. The number of benzene rings is 2. The zero-order valence-electron chi connectivity index (χ0n) is 20.8. The van der Waals surface area contributed by atoms with Crippen LogP contribution in [0, 0.1) is 11.7 Å². The number of anilines is 1. The lowest BCUT2D eigenvalue weighted by atomic mass is 10.1. The molecule has 2 rings (SSSR count). The minimum absolute atomic E-state index is 0.0208. The van der Waals surface area contributed by atoms with E-state index >= 15 is 0 Å². The summed E-state index contributed by atoms with van der Waals surface area (Å²) in [7, 11) is -2.33. The number of methoxy groups -OCH3 is 1. The van der Waals surface area contributed by atoms with Gasteiger partial charge in [0, 0.05) is 13.1 Å². The fourth-order valence-corrected chi connectivity index (χ4v) is 4.34. The molecule has 192 valence electrons. The van der Waals surface area contributed by atoms with Gasteiger partial charge in [0.15, 0.2) is 0 Å². The Balaban J connectivity index is 2.40. The Bertz CT molecular complexity index is 1090. The SMILES string of the molecule is CC[C@H](C(=O)NCC(C)C)N(Cc1ccc(F)cc1)C(=O)CN(c1ccc(OC)cc1)S(C)(=O)=O. The van der Waals surface area contributed by atoms with Gasteiger partial charge in [-0.25, -0.2) is 12.8 Å². The van der Waals surface area contributed by atoms with Crippen molar-refractivity contribution >= 4 is 27.5 Å². The summed E-state index contributed by atoms with van der Waals surface area (Å²) < 4.78 is 44.7. The number of hydrogen-bond donors (Lipinski definition) is 1. The van der Waals surface area contributed by atoms with Crippen LogP contribution < -0.4 is 14.4 Å². The fourth-order valence-electron chi connectivity index (χ4n) is 3.49.